The first-order chi connectivity index (χ1) is 9.10. The molecule has 0 bridgehead atoms. The van der Waals surface area contributed by atoms with E-state index in [4.69, 9.17) is 5.73 Å². The van der Waals surface area contributed by atoms with E-state index in [1.807, 2.05) is 22.9 Å². The number of rotatable bonds is 3. The molecule has 1 fully saturated rings. The summed E-state index contributed by atoms with van der Waals surface area (Å²) >= 11 is 0. The van der Waals surface area contributed by atoms with E-state index in [1.165, 1.54) is 0 Å². The van der Waals surface area contributed by atoms with Gasteiger partial charge in [0.2, 0.25) is 0 Å². The van der Waals surface area contributed by atoms with Crippen LogP contribution in [0.4, 0.5) is 0 Å². The lowest BCUT2D eigenvalue weighted by Crippen LogP contribution is -2.76. The predicted octanol–water partition coefficient (Wildman–Crippen LogP) is 2.56. The van der Waals surface area contributed by atoms with Gasteiger partial charge in [-0.25, -0.2) is 0 Å². The first-order valence-corrected chi connectivity index (χ1v) is 7.33. The highest BCUT2D eigenvalue weighted by Crippen LogP contribution is 2.52. The van der Waals surface area contributed by atoms with Crippen LogP contribution in [0.2, 0.25) is 0 Å². The summed E-state index contributed by atoms with van der Waals surface area (Å²) in [6, 6.07) is 4.24. The largest absolute Gasteiger partial charge is 0.347 e. The van der Waals surface area contributed by atoms with E-state index >= 15 is 0 Å². The monoisotopic (exact) mass is 277 g/mol. The van der Waals surface area contributed by atoms with Gasteiger partial charge in [0.15, 0.2) is 0 Å². The van der Waals surface area contributed by atoms with Crippen molar-refractivity contribution in [2.24, 2.45) is 16.6 Å². The minimum absolute atomic E-state index is 0.0123. The van der Waals surface area contributed by atoms with Gasteiger partial charge in [-0.3, -0.25) is 4.79 Å². The maximum Gasteiger partial charge on any atom is 0.268 e. The van der Waals surface area contributed by atoms with Crippen LogP contribution in [0.5, 0.6) is 0 Å². The lowest BCUT2D eigenvalue weighted by Gasteiger charge is -2.62. The maximum absolute atomic E-state index is 12.5. The number of hydrogen-bond acceptors (Lipinski definition) is 2. The van der Waals surface area contributed by atoms with Gasteiger partial charge in [0, 0.05) is 35.2 Å². The van der Waals surface area contributed by atoms with Gasteiger partial charge in [0.25, 0.3) is 5.91 Å². The average molecular weight is 277 g/mol. The molecule has 0 spiro atoms. The van der Waals surface area contributed by atoms with E-state index in [0.717, 1.165) is 0 Å². The second-order valence-electron chi connectivity index (χ2n) is 7.42. The van der Waals surface area contributed by atoms with Gasteiger partial charge in [-0.1, -0.05) is 27.7 Å². The Balaban J connectivity index is 2.18. The normalized spacial score (nSPS) is 27.2. The number of carbonyl (C=O) groups is 1. The fraction of sp³-hybridized carbons (Fsp3) is 0.688. The smallest absolute Gasteiger partial charge is 0.268 e. The zero-order valence-corrected chi connectivity index (χ0v) is 13.4. The Morgan fingerprint density at radius 3 is 2.35 bits per heavy atom. The number of carbonyl (C=O) groups excluding carboxylic acids is 1. The molecule has 3 N–H and O–H groups in total. The topological polar surface area (TPSA) is 60.0 Å². The molecule has 0 aromatic carbocycles. The highest BCUT2D eigenvalue weighted by molar-refractivity contribution is 5.93. The second-order valence-corrected chi connectivity index (χ2v) is 7.42. The standard InChI is InChI=1S/C16H27N3O/c1-10(2)19-9-7-8-11(19)12(20)18-14-15(3,4)13(17)16(14,5)6/h7-10,13-14H,17H2,1-6H3,(H,18,20). The third kappa shape index (κ3) is 2.06. The molecule has 1 aromatic heterocycles. The molecule has 1 aliphatic carbocycles. The number of nitrogens with one attached hydrogen (secondary N) is 1. The fourth-order valence-corrected chi connectivity index (χ4v) is 3.79. The molecular weight excluding hydrogens is 250 g/mol. The average Bonchev–Trinajstić information content (AvgIpc) is 2.83. The van der Waals surface area contributed by atoms with Crippen molar-refractivity contribution < 1.29 is 4.79 Å². The van der Waals surface area contributed by atoms with E-state index in [1.54, 1.807) is 0 Å². The lowest BCUT2D eigenvalue weighted by atomic mass is 9.48. The highest BCUT2D eigenvalue weighted by atomic mass is 16.2. The first-order valence-electron chi connectivity index (χ1n) is 7.33. The summed E-state index contributed by atoms with van der Waals surface area (Å²) in [5.74, 6) is -0.0123. The molecule has 0 unspecified atom stereocenters. The molecule has 2 rings (SSSR count). The van der Waals surface area contributed by atoms with Gasteiger partial charge >= 0.3 is 0 Å². The Morgan fingerprint density at radius 1 is 1.30 bits per heavy atom. The molecular formula is C16H27N3O. The molecule has 1 amide bonds. The zero-order chi connectivity index (χ0) is 15.3. The SMILES string of the molecule is CC(C)n1cccc1C(=O)NC1C(C)(C)C(N)C1(C)C. The van der Waals surface area contributed by atoms with Crippen molar-refractivity contribution >= 4 is 5.91 Å². The van der Waals surface area contributed by atoms with Crippen LogP contribution in [0.3, 0.4) is 0 Å². The zero-order valence-electron chi connectivity index (χ0n) is 13.4. The quantitative estimate of drug-likeness (QED) is 0.892. The lowest BCUT2D eigenvalue weighted by molar-refractivity contribution is -0.0664. The Morgan fingerprint density at radius 2 is 1.85 bits per heavy atom. The summed E-state index contributed by atoms with van der Waals surface area (Å²) < 4.78 is 1.99. The fourth-order valence-electron chi connectivity index (χ4n) is 3.79. The number of nitrogens with two attached hydrogens (primary N) is 1. The Kier molecular flexibility index (Phi) is 3.49. The minimum Gasteiger partial charge on any atom is -0.347 e. The van der Waals surface area contributed by atoms with Crippen LogP contribution in [-0.4, -0.2) is 22.6 Å². The highest BCUT2D eigenvalue weighted by Gasteiger charge is 2.60. The third-order valence-electron chi connectivity index (χ3n) is 4.93. The number of nitrogens with zero attached hydrogens (tertiary/aromatic N) is 1. The number of amides is 1. The van der Waals surface area contributed by atoms with Crippen LogP contribution in [0.1, 0.15) is 58.1 Å². The van der Waals surface area contributed by atoms with E-state index in [0.29, 0.717) is 5.69 Å². The Hall–Kier alpha value is -1.29. The Labute approximate surface area is 121 Å². The van der Waals surface area contributed by atoms with Crippen LogP contribution in [0.15, 0.2) is 18.3 Å². The van der Waals surface area contributed by atoms with E-state index in [-0.39, 0.29) is 34.9 Å². The first kappa shape index (κ1) is 15.1. The number of hydrogen-bond donors (Lipinski definition) is 2. The van der Waals surface area contributed by atoms with Crippen molar-refractivity contribution in [3.8, 4) is 0 Å². The van der Waals surface area contributed by atoms with Gasteiger partial charge in [-0.15, -0.1) is 0 Å². The molecule has 1 aromatic rings. The molecule has 0 saturated heterocycles. The number of aromatic nitrogens is 1. The van der Waals surface area contributed by atoms with Crippen molar-refractivity contribution in [3.05, 3.63) is 24.0 Å². The molecule has 1 saturated carbocycles. The van der Waals surface area contributed by atoms with E-state index in [9.17, 15) is 4.79 Å². The summed E-state index contributed by atoms with van der Waals surface area (Å²) in [7, 11) is 0. The molecule has 1 heterocycles. The van der Waals surface area contributed by atoms with Gasteiger partial charge in [0.1, 0.15) is 5.69 Å². The summed E-state index contributed by atoms with van der Waals surface area (Å²) in [5.41, 5.74) is 6.81. The van der Waals surface area contributed by atoms with Gasteiger partial charge < -0.3 is 15.6 Å². The van der Waals surface area contributed by atoms with Crippen LogP contribution in [0.25, 0.3) is 0 Å². The van der Waals surface area contributed by atoms with E-state index in [2.05, 4.69) is 46.9 Å². The second kappa shape index (κ2) is 4.62. The van der Waals surface area contributed by atoms with Gasteiger partial charge in [-0.2, -0.15) is 0 Å². The van der Waals surface area contributed by atoms with Crippen LogP contribution >= 0.6 is 0 Å². The molecule has 0 atom stereocenters. The maximum atomic E-state index is 12.5. The van der Waals surface area contributed by atoms with E-state index < -0.39 is 0 Å². The third-order valence-corrected chi connectivity index (χ3v) is 4.93. The van der Waals surface area contributed by atoms with Crippen LogP contribution < -0.4 is 11.1 Å². The summed E-state index contributed by atoms with van der Waals surface area (Å²) in [5, 5.41) is 3.19. The minimum atomic E-state index is -0.0750. The van der Waals surface area contributed by atoms with Crippen molar-refractivity contribution in [1.29, 1.82) is 0 Å². The molecule has 0 radical (unpaired) electrons. The van der Waals surface area contributed by atoms with Crippen LogP contribution in [-0.2, 0) is 0 Å². The molecule has 20 heavy (non-hydrogen) atoms. The molecule has 4 heteroatoms. The van der Waals surface area contributed by atoms with Crippen molar-refractivity contribution in [1.82, 2.24) is 9.88 Å². The van der Waals surface area contributed by atoms with Crippen molar-refractivity contribution in [3.63, 3.8) is 0 Å². The summed E-state index contributed by atoms with van der Waals surface area (Å²) in [4.78, 5) is 12.5. The summed E-state index contributed by atoms with van der Waals surface area (Å²) in [6.45, 7) is 12.6. The molecule has 0 aliphatic heterocycles. The molecule has 4 nitrogen and oxygen atoms in total. The van der Waals surface area contributed by atoms with Gasteiger partial charge in [-0.05, 0) is 26.0 Å². The summed E-state index contributed by atoms with van der Waals surface area (Å²) in [6.07, 6.45) is 1.95. The van der Waals surface area contributed by atoms with Crippen LogP contribution in [0, 0.1) is 10.8 Å². The molecule has 1 aliphatic rings. The molecule has 112 valence electrons. The Bertz CT molecular complexity index is 498. The predicted molar refractivity (Wildman–Crippen MR) is 81.6 cm³/mol. The van der Waals surface area contributed by atoms with Crippen molar-refractivity contribution in [2.45, 2.75) is 59.7 Å². The van der Waals surface area contributed by atoms with Gasteiger partial charge in [0.05, 0.1) is 0 Å². The van der Waals surface area contributed by atoms with Crippen molar-refractivity contribution in [2.75, 3.05) is 0 Å².